The first-order valence-electron chi connectivity index (χ1n) is 6.00. The van der Waals surface area contributed by atoms with Crippen LogP contribution in [-0.4, -0.2) is 6.54 Å². The van der Waals surface area contributed by atoms with Gasteiger partial charge in [-0.2, -0.15) is 0 Å². The summed E-state index contributed by atoms with van der Waals surface area (Å²) in [7, 11) is 0. The van der Waals surface area contributed by atoms with Crippen LogP contribution in [0.5, 0.6) is 0 Å². The third-order valence-electron chi connectivity index (χ3n) is 2.93. The third kappa shape index (κ3) is 3.00. The molecule has 0 atom stereocenters. The lowest BCUT2D eigenvalue weighted by molar-refractivity contribution is 0.610. The van der Waals surface area contributed by atoms with Gasteiger partial charge in [-0.25, -0.2) is 4.39 Å². The predicted octanol–water partition coefficient (Wildman–Crippen LogP) is 3.37. The van der Waals surface area contributed by atoms with E-state index in [2.05, 4.69) is 5.32 Å². The quantitative estimate of drug-likeness (QED) is 0.809. The molecule has 0 aliphatic heterocycles. The summed E-state index contributed by atoms with van der Waals surface area (Å²) in [5, 5.41) is 3.28. The molecule has 94 valence electrons. The Morgan fingerprint density at radius 1 is 1.17 bits per heavy atom. The maximum atomic E-state index is 13.4. The van der Waals surface area contributed by atoms with E-state index in [4.69, 9.17) is 5.73 Å². The minimum atomic E-state index is -0.149. The summed E-state index contributed by atoms with van der Waals surface area (Å²) in [6, 6.07) is 12.6. The van der Waals surface area contributed by atoms with Crippen molar-refractivity contribution >= 4 is 11.4 Å². The topological polar surface area (TPSA) is 38.0 Å². The third-order valence-corrected chi connectivity index (χ3v) is 2.93. The van der Waals surface area contributed by atoms with Crippen molar-refractivity contribution in [3.05, 3.63) is 59.4 Å². The van der Waals surface area contributed by atoms with Gasteiger partial charge in [-0.3, -0.25) is 0 Å². The molecule has 0 aliphatic rings. The van der Waals surface area contributed by atoms with Crippen LogP contribution in [0.4, 0.5) is 15.8 Å². The first kappa shape index (κ1) is 12.4. The van der Waals surface area contributed by atoms with Crippen molar-refractivity contribution < 1.29 is 4.39 Å². The number of rotatable bonds is 4. The molecule has 0 saturated carbocycles. The number of halogens is 1. The molecular weight excluding hydrogens is 227 g/mol. The normalized spacial score (nSPS) is 10.3. The molecule has 0 amide bonds. The molecule has 2 aromatic carbocycles. The number of nitrogens with one attached hydrogen (secondary N) is 1. The molecule has 0 bridgehead atoms. The summed E-state index contributed by atoms with van der Waals surface area (Å²) in [5.74, 6) is -0.149. The monoisotopic (exact) mass is 244 g/mol. The van der Waals surface area contributed by atoms with E-state index >= 15 is 0 Å². The van der Waals surface area contributed by atoms with Crippen molar-refractivity contribution in [1.82, 2.24) is 0 Å². The lowest BCUT2D eigenvalue weighted by Gasteiger charge is -2.10. The number of hydrogen-bond acceptors (Lipinski definition) is 2. The Morgan fingerprint density at radius 2 is 1.94 bits per heavy atom. The number of hydrogen-bond donors (Lipinski definition) is 2. The average Bonchev–Trinajstić information content (AvgIpc) is 2.36. The van der Waals surface area contributed by atoms with E-state index in [1.807, 2.05) is 37.3 Å². The van der Waals surface area contributed by atoms with Crippen molar-refractivity contribution in [2.75, 3.05) is 17.6 Å². The highest BCUT2D eigenvalue weighted by Gasteiger charge is 2.01. The van der Waals surface area contributed by atoms with Crippen LogP contribution in [0.25, 0.3) is 0 Å². The molecule has 0 aromatic heterocycles. The summed E-state index contributed by atoms with van der Waals surface area (Å²) >= 11 is 0. The van der Waals surface area contributed by atoms with E-state index in [1.165, 1.54) is 6.07 Å². The summed E-state index contributed by atoms with van der Waals surface area (Å²) in [4.78, 5) is 0. The van der Waals surface area contributed by atoms with Crippen LogP contribution in [0.15, 0.2) is 42.5 Å². The molecular formula is C15H17FN2. The van der Waals surface area contributed by atoms with Gasteiger partial charge in [0.1, 0.15) is 5.82 Å². The molecule has 0 unspecified atom stereocenters. The second-order valence-electron chi connectivity index (χ2n) is 4.34. The zero-order valence-corrected chi connectivity index (χ0v) is 10.4. The lowest BCUT2D eigenvalue weighted by Crippen LogP contribution is -2.07. The SMILES string of the molecule is Cc1ccc(N)cc1NCCc1ccccc1F. The van der Waals surface area contributed by atoms with Crippen LogP contribution < -0.4 is 11.1 Å². The van der Waals surface area contributed by atoms with Crippen molar-refractivity contribution in [3.63, 3.8) is 0 Å². The van der Waals surface area contributed by atoms with Crippen molar-refractivity contribution in [2.45, 2.75) is 13.3 Å². The molecule has 3 heteroatoms. The predicted molar refractivity (Wildman–Crippen MR) is 74.2 cm³/mol. The van der Waals surface area contributed by atoms with Crippen molar-refractivity contribution in [1.29, 1.82) is 0 Å². The van der Waals surface area contributed by atoms with Crippen LogP contribution >= 0.6 is 0 Å². The minimum Gasteiger partial charge on any atom is -0.399 e. The van der Waals surface area contributed by atoms with Crippen LogP contribution in [0, 0.1) is 12.7 Å². The van der Waals surface area contributed by atoms with Crippen LogP contribution in [-0.2, 0) is 6.42 Å². The lowest BCUT2D eigenvalue weighted by atomic mass is 10.1. The van der Waals surface area contributed by atoms with Gasteiger partial charge in [0, 0.05) is 17.9 Å². The van der Waals surface area contributed by atoms with Gasteiger partial charge in [0.05, 0.1) is 0 Å². The van der Waals surface area contributed by atoms with E-state index in [-0.39, 0.29) is 5.82 Å². The second kappa shape index (κ2) is 5.54. The summed E-state index contributed by atoms with van der Waals surface area (Å²) in [5.41, 5.74) is 9.34. The minimum absolute atomic E-state index is 0.149. The standard InChI is InChI=1S/C15H17FN2/c1-11-6-7-13(17)10-15(11)18-9-8-12-4-2-3-5-14(12)16/h2-7,10,18H,8-9,17H2,1H3. The van der Waals surface area contributed by atoms with Gasteiger partial charge in [0.25, 0.3) is 0 Å². The van der Waals surface area contributed by atoms with Gasteiger partial charge >= 0.3 is 0 Å². The van der Waals surface area contributed by atoms with Gasteiger partial charge in [-0.05, 0) is 42.7 Å². The number of anilines is 2. The molecule has 0 fully saturated rings. The number of aryl methyl sites for hydroxylation is 1. The Hall–Kier alpha value is -2.03. The molecule has 2 aromatic rings. The first-order valence-corrected chi connectivity index (χ1v) is 6.00. The van der Waals surface area contributed by atoms with Crippen LogP contribution in [0.2, 0.25) is 0 Å². The van der Waals surface area contributed by atoms with E-state index in [0.29, 0.717) is 13.0 Å². The largest absolute Gasteiger partial charge is 0.399 e. The zero-order valence-electron chi connectivity index (χ0n) is 10.4. The van der Waals surface area contributed by atoms with E-state index < -0.39 is 0 Å². The smallest absolute Gasteiger partial charge is 0.126 e. The fraction of sp³-hybridized carbons (Fsp3) is 0.200. The van der Waals surface area contributed by atoms with Crippen molar-refractivity contribution in [2.24, 2.45) is 0 Å². The zero-order chi connectivity index (χ0) is 13.0. The van der Waals surface area contributed by atoms with Gasteiger partial charge in [0.15, 0.2) is 0 Å². The number of nitrogen functional groups attached to an aromatic ring is 1. The molecule has 0 aliphatic carbocycles. The number of benzene rings is 2. The molecule has 2 nitrogen and oxygen atoms in total. The van der Waals surface area contributed by atoms with Gasteiger partial charge in [0.2, 0.25) is 0 Å². The first-order chi connectivity index (χ1) is 8.66. The Bertz CT molecular complexity index is 538. The highest BCUT2D eigenvalue weighted by Crippen LogP contribution is 2.18. The van der Waals surface area contributed by atoms with Gasteiger partial charge < -0.3 is 11.1 Å². The van der Waals surface area contributed by atoms with Crippen molar-refractivity contribution in [3.8, 4) is 0 Å². The Labute approximate surface area is 107 Å². The molecule has 0 saturated heterocycles. The van der Waals surface area contributed by atoms with Crippen LogP contribution in [0.1, 0.15) is 11.1 Å². The molecule has 0 spiro atoms. The van der Waals surface area contributed by atoms with Crippen LogP contribution in [0.3, 0.4) is 0 Å². The van der Waals surface area contributed by atoms with E-state index in [0.717, 1.165) is 22.5 Å². The second-order valence-corrected chi connectivity index (χ2v) is 4.34. The molecule has 18 heavy (non-hydrogen) atoms. The van der Waals surface area contributed by atoms with E-state index in [1.54, 1.807) is 6.07 Å². The van der Waals surface area contributed by atoms with E-state index in [9.17, 15) is 4.39 Å². The Kier molecular flexibility index (Phi) is 3.82. The highest BCUT2D eigenvalue weighted by atomic mass is 19.1. The Morgan fingerprint density at radius 3 is 2.72 bits per heavy atom. The molecule has 2 rings (SSSR count). The molecule has 0 radical (unpaired) electrons. The Balaban J connectivity index is 1.96. The van der Waals surface area contributed by atoms with Gasteiger partial charge in [-0.1, -0.05) is 24.3 Å². The summed E-state index contributed by atoms with van der Waals surface area (Å²) in [6.45, 7) is 2.70. The van der Waals surface area contributed by atoms with Gasteiger partial charge in [-0.15, -0.1) is 0 Å². The average molecular weight is 244 g/mol. The number of nitrogens with two attached hydrogens (primary N) is 1. The molecule has 0 heterocycles. The fourth-order valence-corrected chi connectivity index (χ4v) is 1.86. The molecule has 3 N–H and O–H groups in total. The highest BCUT2D eigenvalue weighted by molar-refractivity contribution is 5.59. The maximum Gasteiger partial charge on any atom is 0.126 e. The fourth-order valence-electron chi connectivity index (χ4n) is 1.86. The summed E-state index contributed by atoms with van der Waals surface area (Å²) in [6.07, 6.45) is 0.654. The maximum absolute atomic E-state index is 13.4. The summed E-state index contributed by atoms with van der Waals surface area (Å²) < 4.78 is 13.4.